The summed E-state index contributed by atoms with van der Waals surface area (Å²) in [5.41, 5.74) is 13.5. The SMILES string of the molecule is COC(=O)c1ccc(O)c(/C=N/NC(=O)c2cc3ccccc3cc2O)c1.COc1ccc(O)c(/C=N/NC(=O)c2cc3ccccc3cc2O)c1.COc1cccc(/C=N/NC(=O)c2cc3ccccc3cc2O)c1O.O=C(N/N=C/c1cccc(O)c1O)c1cc2ccccc2cc1O.O=C(O)c1ccc(O)c(/C=N/NC(=O)c2cc3ccccc3cc2O)c1. The van der Waals surface area contributed by atoms with Crippen molar-refractivity contribution < 1.29 is 109 Å². The highest BCUT2D eigenvalue weighted by molar-refractivity contribution is 6.07. The molecule has 0 aliphatic heterocycles. The highest BCUT2D eigenvalue weighted by Gasteiger charge is 2.19. The largest absolute Gasteiger partial charge is 0.507 e. The van der Waals surface area contributed by atoms with Crippen molar-refractivity contribution in [2.24, 2.45) is 25.5 Å². The zero-order chi connectivity index (χ0) is 90.8. The Morgan fingerprint density at radius 3 is 0.843 bits per heavy atom. The second kappa shape index (κ2) is 42.0. The summed E-state index contributed by atoms with van der Waals surface area (Å²) < 4.78 is 14.7. The molecule has 32 heteroatoms. The number of carboxylic acid groups (broad SMARTS) is 1. The number of methoxy groups -OCH3 is 3. The Balaban J connectivity index is 0.000000154. The van der Waals surface area contributed by atoms with Gasteiger partial charge in [0.05, 0.1) is 91.3 Å². The first-order valence-corrected chi connectivity index (χ1v) is 37.7. The van der Waals surface area contributed by atoms with Gasteiger partial charge < -0.3 is 75.5 Å². The predicted molar refractivity (Wildman–Crippen MR) is 477 cm³/mol. The van der Waals surface area contributed by atoms with Crippen LogP contribution >= 0.6 is 0 Å². The van der Waals surface area contributed by atoms with Gasteiger partial charge in [-0.2, -0.15) is 25.5 Å². The monoisotopic (exact) mass is 1710 g/mol. The molecule has 15 rings (SSSR count). The normalized spacial score (nSPS) is 10.9. The Bertz CT molecular complexity index is 6770. The fraction of sp³-hybridized carbons (Fsp3) is 0.0316. The number of carbonyl (C=O) groups excluding carboxylic acids is 6. The Kier molecular flexibility index (Phi) is 29.6. The zero-order valence-corrected chi connectivity index (χ0v) is 67.1. The maximum atomic E-state index is 12.3. The summed E-state index contributed by atoms with van der Waals surface area (Å²) in [4.78, 5) is 83.6. The molecule has 32 nitrogen and oxygen atoms in total. The molecule has 0 heterocycles. The zero-order valence-electron chi connectivity index (χ0n) is 67.1. The Morgan fingerprint density at radius 2 is 0.535 bits per heavy atom. The molecule has 0 bridgehead atoms. The molecule has 15 aromatic rings. The van der Waals surface area contributed by atoms with Crippen LogP contribution in [-0.2, 0) is 4.74 Å². The van der Waals surface area contributed by atoms with E-state index in [0.29, 0.717) is 22.6 Å². The average molecular weight is 1710 g/mol. The molecular formula is C95H76N10O22. The fourth-order valence-electron chi connectivity index (χ4n) is 12.1. The number of phenols is 11. The number of ether oxygens (including phenoxy) is 3. The first-order chi connectivity index (χ1) is 61.2. The lowest BCUT2D eigenvalue weighted by Gasteiger charge is -2.06. The van der Waals surface area contributed by atoms with E-state index in [1.54, 1.807) is 54.6 Å². The molecule has 0 atom stereocenters. The number of fused-ring (bicyclic) bond motifs is 5. The number of rotatable bonds is 19. The minimum Gasteiger partial charge on any atom is -0.507 e. The van der Waals surface area contributed by atoms with Crippen molar-refractivity contribution in [3.63, 3.8) is 0 Å². The van der Waals surface area contributed by atoms with Gasteiger partial charge in [0.2, 0.25) is 0 Å². The number of esters is 1. The molecule has 5 amide bonds. The van der Waals surface area contributed by atoms with Crippen LogP contribution in [0.2, 0.25) is 0 Å². The van der Waals surface area contributed by atoms with Gasteiger partial charge >= 0.3 is 11.9 Å². The Labute approximate surface area is 720 Å². The van der Waals surface area contributed by atoms with Crippen molar-refractivity contribution in [1.82, 2.24) is 27.1 Å². The average Bonchev–Trinajstić information content (AvgIpc) is 0.823. The summed E-state index contributed by atoms with van der Waals surface area (Å²) in [6.07, 6.45) is 6.11. The first kappa shape index (κ1) is 89.4. The van der Waals surface area contributed by atoms with Crippen molar-refractivity contribution in [1.29, 1.82) is 0 Å². The van der Waals surface area contributed by atoms with E-state index in [0.717, 1.165) is 60.1 Å². The second-order valence-corrected chi connectivity index (χ2v) is 27.0. The molecule has 0 saturated heterocycles. The molecule has 127 heavy (non-hydrogen) atoms. The molecule has 17 N–H and O–H groups in total. The third-order valence-electron chi connectivity index (χ3n) is 18.6. The fourth-order valence-corrected chi connectivity index (χ4v) is 12.1. The minimum atomic E-state index is -1.15. The van der Waals surface area contributed by atoms with Gasteiger partial charge in [0, 0.05) is 27.8 Å². The molecule has 0 fully saturated rings. The Morgan fingerprint density at radius 1 is 0.260 bits per heavy atom. The van der Waals surface area contributed by atoms with Crippen LogP contribution in [0.25, 0.3) is 53.9 Å². The lowest BCUT2D eigenvalue weighted by Crippen LogP contribution is -2.17. The number of aromatic carboxylic acids is 1. The summed E-state index contributed by atoms with van der Waals surface area (Å²) in [6.45, 7) is 0. The van der Waals surface area contributed by atoms with Gasteiger partial charge in [-0.05, 0) is 193 Å². The quantitative estimate of drug-likeness (QED) is 0.0155. The van der Waals surface area contributed by atoms with Crippen molar-refractivity contribution in [2.75, 3.05) is 21.3 Å². The summed E-state index contributed by atoms with van der Waals surface area (Å²) in [5, 5.41) is 144. The topological polar surface area (TPSA) is 512 Å². The van der Waals surface area contributed by atoms with E-state index in [-0.39, 0.29) is 119 Å². The number of aromatic hydroxyl groups is 11. The molecule has 0 aliphatic rings. The van der Waals surface area contributed by atoms with Gasteiger partial charge in [0.1, 0.15) is 51.7 Å². The molecule has 638 valence electrons. The van der Waals surface area contributed by atoms with Gasteiger partial charge in [-0.15, -0.1) is 0 Å². The molecule has 0 saturated carbocycles. The van der Waals surface area contributed by atoms with Gasteiger partial charge in [0.25, 0.3) is 29.5 Å². The minimum absolute atomic E-state index is 0.00681. The number of phenolic OH excluding ortho intramolecular Hbond substituents is 11. The number of para-hydroxylation sites is 2. The lowest BCUT2D eigenvalue weighted by atomic mass is 10.1. The van der Waals surface area contributed by atoms with Crippen LogP contribution in [0, 0.1) is 0 Å². The number of hydrazone groups is 5. The van der Waals surface area contributed by atoms with E-state index in [1.807, 2.05) is 121 Å². The smallest absolute Gasteiger partial charge is 0.337 e. The first-order valence-electron chi connectivity index (χ1n) is 37.7. The van der Waals surface area contributed by atoms with E-state index in [2.05, 4.69) is 57.4 Å². The van der Waals surface area contributed by atoms with Gasteiger partial charge in [-0.3, -0.25) is 24.0 Å². The third-order valence-corrected chi connectivity index (χ3v) is 18.6. The van der Waals surface area contributed by atoms with Crippen LogP contribution in [-0.4, -0.2) is 155 Å². The Hall–Kier alpha value is -18.4. The summed E-state index contributed by atoms with van der Waals surface area (Å²) in [7, 11) is 4.21. The van der Waals surface area contributed by atoms with Crippen molar-refractivity contribution in [2.45, 2.75) is 0 Å². The van der Waals surface area contributed by atoms with E-state index >= 15 is 0 Å². The number of nitrogens with one attached hydrogen (secondary N) is 5. The number of benzene rings is 15. The summed E-state index contributed by atoms with van der Waals surface area (Å²) in [5.74, 6) is -5.53. The molecular weight excluding hydrogens is 1630 g/mol. The molecule has 0 aromatic heterocycles. The third kappa shape index (κ3) is 23.2. The van der Waals surface area contributed by atoms with Crippen LogP contribution in [0.5, 0.6) is 74.7 Å². The van der Waals surface area contributed by atoms with Crippen LogP contribution in [0.4, 0.5) is 0 Å². The highest BCUT2D eigenvalue weighted by atomic mass is 16.5. The number of carboxylic acids is 1. The number of hydrogen-bond donors (Lipinski definition) is 17. The van der Waals surface area contributed by atoms with E-state index < -0.39 is 41.5 Å². The second-order valence-electron chi connectivity index (χ2n) is 27.0. The van der Waals surface area contributed by atoms with Crippen molar-refractivity contribution >= 4 is 126 Å². The van der Waals surface area contributed by atoms with E-state index in [1.165, 1.54) is 143 Å². The predicted octanol–water partition coefficient (Wildman–Crippen LogP) is 14.3. The molecule has 0 spiro atoms. The van der Waals surface area contributed by atoms with Crippen molar-refractivity contribution in [3.8, 4) is 74.7 Å². The van der Waals surface area contributed by atoms with Crippen LogP contribution < -0.4 is 36.6 Å². The molecule has 0 radical (unpaired) electrons. The molecule has 0 unspecified atom stereocenters. The summed E-state index contributed by atoms with van der Waals surface area (Å²) in [6, 6.07) is 73.9. The molecule has 15 aromatic carbocycles. The highest BCUT2D eigenvalue weighted by Crippen LogP contribution is 2.34. The summed E-state index contributed by atoms with van der Waals surface area (Å²) >= 11 is 0. The number of hydrogen-bond acceptors (Lipinski definition) is 26. The van der Waals surface area contributed by atoms with Gasteiger partial charge in [-0.1, -0.05) is 133 Å². The lowest BCUT2D eigenvalue weighted by molar-refractivity contribution is 0.0598. The maximum absolute atomic E-state index is 12.3. The van der Waals surface area contributed by atoms with Gasteiger partial charge in [-0.25, -0.2) is 36.7 Å². The maximum Gasteiger partial charge on any atom is 0.337 e. The van der Waals surface area contributed by atoms with Crippen LogP contribution in [0.1, 0.15) is 100 Å². The standard InChI is InChI=1S/C20H16N2O5.C19H14N2O5.2C19H16N2O4.C18H14N2O4/c1-27-20(26)14-6-7-17(23)15(8-14)11-21-22-19(25)16-9-12-4-2-3-5-13(12)10-18(16)24;22-16-6-5-13(19(25)26)7-14(16)10-20-21-18(24)15-8-11-3-1-2-4-12(11)9-17(15)23;1-25-17-8-4-7-14(18(17)23)11-20-21-19(24)15-9-12-5-2-3-6-13(12)10-16(15)22;1-25-15-6-7-17(22)14(8-15)11-20-21-19(24)16-9-12-4-2-3-5-13(12)10-18(16)23;21-15-7-3-6-13(17(15)23)10-19-20-18(24)14-8-11-4-1-2-5-12(11)9-16(14)22/h2-11,23-24H,1H3,(H,22,25);1-10,22-23H,(H,21,24)(H,25,26);2*2-11,22-23H,1H3,(H,21,24);1-10,21-23H,(H,20,24)/b21-11+;20-10+;2*20-11+;19-10+. The molecule has 0 aliphatic carbocycles. The number of nitrogens with zero attached hydrogens (tertiary/aromatic N) is 5. The number of amides is 5. The van der Waals surface area contributed by atoms with Crippen molar-refractivity contribution in [3.05, 3.63) is 340 Å². The van der Waals surface area contributed by atoms with Crippen LogP contribution in [0.15, 0.2) is 298 Å². The number of carbonyl (C=O) groups is 7. The van der Waals surface area contributed by atoms with E-state index in [9.17, 15) is 89.7 Å². The van der Waals surface area contributed by atoms with Crippen LogP contribution in [0.3, 0.4) is 0 Å². The van der Waals surface area contributed by atoms with Gasteiger partial charge in [0.15, 0.2) is 23.0 Å². The van der Waals surface area contributed by atoms with E-state index in [4.69, 9.17) is 14.6 Å².